The van der Waals surface area contributed by atoms with Crippen molar-refractivity contribution >= 4 is 29.3 Å². The third kappa shape index (κ3) is 3.19. The van der Waals surface area contributed by atoms with Gasteiger partial charge >= 0.3 is 0 Å². The lowest BCUT2D eigenvalue weighted by molar-refractivity contribution is 0.557. The van der Waals surface area contributed by atoms with E-state index in [1.807, 2.05) is 18.4 Å². The summed E-state index contributed by atoms with van der Waals surface area (Å²) in [5.74, 6) is 0.616. The Kier molecular flexibility index (Phi) is 4.31. The fraction of sp³-hybridized carbons (Fsp3) is 0.333. The Morgan fingerprint density at radius 3 is 2.79 bits per heavy atom. The molecule has 7 heteroatoms. The first-order chi connectivity index (χ1) is 8.99. The lowest BCUT2D eigenvalue weighted by Gasteiger charge is -2.11. The third-order valence-corrected chi connectivity index (χ3v) is 3.86. The number of rotatable bonds is 4. The Morgan fingerprint density at radius 1 is 1.42 bits per heavy atom. The van der Waals surface area contributed by atoms with Crippen LogP contribution in [0.5, 0.6) is 0 Å². The van der Waals surface area contributed by atoms with Crippen LogP contribution in [0.3, 0.4) is 0 Å². The molecule has 0 aliphatic rings. The van der Waals surface area contributed by atoms with Crippen molar-refractivity contribution in [2.75, 3.05) is 5.73 Å². The van der Waals surface area contributed by atoms with Crippen molar-refractivity contribution in [1.29, 1.82) is 0 Å². The quantitative estimate of drug-likeness (QED) is 0.878. The van der Waals surface area contributed by atoms with Crippen molar-refractivity contribution in [1.82, 2.24) is 14.8 Å². The summed E-state index contributed by atoms with van der Waals surface area (Å²) >= 11 is 7.24. The van der Waals surface area contributed by atoms with Gasteiger partial charge in [-0.05, 0) is 31.5 Å². The van der Waals surface area contributed by atoms with Gasteiger partial charge in [-0.15, -0.1) is 10.2 Å². The maximum Gasteiger partial charge on any atom is 0.222 e. The molecule has 0 fully saturated rings. The van der Waals surface area contributed by atoms with E-state index in [4.69, 9.17) is 17.3 Å². The van der Waals surface area contributed by atoms with Crippen molar-refractivity contribution in [3.8, 4) is 0 Å². The van der Waals surface area contributed by atoms with E-state index in [2.05, 4.69) is 10.2 Å². The molecule has 2 rings (SSSR count). The van der Waals surface area contributed by atoms with Crippen LogP contribution in [0.2, 0.25) is 5.02 Å². The number of hydrogen-bond donors (Lipinski definition) is 1. The van der Waals surface area contributed by atoms with E-state index in [1.54, 1.807) is 12.1 Å². The van der Waals surface area contributed by atoms with E-state index in [-0.39, 0.29) is 11.1 Å². The number of anilines is 1. The van der Waals surface area contributed by atoms with Gasteiger partial charge in [0.25, 0.3) is 0 Å². The van der Waals surface area contributed by atoms with Gasteiger partial charge in [0.15, 0.2) is 5.16 Å². The van der Waals surface area contributed by atoms with Crippen LogP contribution >= 0.6 is 23.4 Å². The second-order valence-electron chi connectivity index (χ2n) is 4.34. The molecule has 1 heterocycles. The monoisotopic (exact) mass is 300 g/mol. The molecule has 0 saturated heterocycles. The molecule has 0 saturated carbocycles. The van der Waals surface area contributed by atoms with Crippen LogP contribution in [0.15, 0.2) is 23.4 Å². The van der Waals surface area contributed by atoms with Crippen LogP contribution in [0.25, 0.3) is 0 Å². The summed E-state index contributed by atoms with van der Waals surface area (Å²) in [6.45, 7) is 4.02. The Morgan fingerprint density at radius 2 is 2.16 bits per heavy atom. The summed E-state index contributed by atoms with van der Waals surface area (Å²) in [6.07, 6.45) is 0. The Labute approximate surface area is 120 Å². The summed E-state index contributed by atoms with van der Waals surface area (Å²) in [5.41, 5.74) is 6.68. The Bertz CT molecular complexity index is 585. The summed E-state index contributed by atoms with van der Waals surface area (Å²) in [6, 6.07) is 4.87. The summed E-state index contributed by atoms with van der Waals surface area (Å²) < 4.78 is 14.9. The molecule has 102 valence electrons. The van der Waals surface area contributed by atoms with Gasteiger partial charge < -0.3 is 5.73 Å². The summed E-state index contributed by atoms with van der Waals surface area (Å²) in [7, 11) is 0. The summed E-state index contributed by atoms with van der Waals surface area (Å²) in [5, 5.41) is 8.77. The second kappa shape index (κ2) is 5.79. The Hall–Kier alpha value is -1.27. The van der Waals surface area contributed by atoms with Gasteiger partial charge in [0, 0.05) is 11.8 Å². The average Bonchev–Trinajstić information content (AvgIpc) is 2.72. The number of aromatic nitrogens is 3. The topological polar surface area (TPSA) is 56.7 Å². The van der Waals surface area contributed by atoms with Crippen molar-refractivity contribution < 1.29 is 4.39 Å². The fourth-order valence-electron chi connectivity index (χ4n) is 1.65. The van der Waals surface area contributed by atoms with Gasteiger partial charge in [-0.2, -0.15) is 0 Å². The number of nitrogens with zero attached hydrogens (tertiary/aromatic N) is 3. The van der Waals surface area contributed by atoms with E-state index in [1.165, 1.54) is 17.8 Å². The molecule has 4 nitrogen and oxygen atoms in total. The van der Waals surface area contributed by atoms with Crippen LogP contribution in [0, 0.1) is 5.82 Å². The highest BCUT2D eigenvalue weighted by Gasteiger charge is 2.13. The highest BCUT2D eigenvalue weighted by Crippen LogP contribution is 2.27. The SMILES string of the molecule is CC(C)n1c(N)nnc1SCc1ccc(F)c(Cl)c1. The number of benzene rings is 1. The van der Waals surface area contributed by atoms with Crippen LogP contribution in [0.4, 0.5) is 10.3 Å². The molecule has 0 radical (unpaired) electrons. The maximum atomic E-state index is 13.1. The van der Waals surface area contributed by atoms with Crippen LogP contribution in [0.1, 0.15) is 25.5 Å². The van der Waals surface area contributed by atoms with E-state index in [0.717, 1.165) is 10.7 Å². The molecule has 1 aromatic carbocycles. The largest absolute Gasteiger partial charge is 0.368 e. The van der Waals surface area contributed by atoms with Gasteiger partial charge in [0.2, 0.25) is 5.95 Å². The zero-order valence-electron chi connectivity index (χ0n) is 10.6. The van der Waals surface area contributed by atoms with E-state index >= 15 is 0 Å². The molecule has 2 N–H and O–H groups in total. The van der Waals surface area contributed by atoms with Crippen LogP contribution in [-0.4, -0.2) is 14.8 Å². The molecule has 0 aliphatic carbocycles. The van der Waals surface area contributed by atoms with Crippen molar-refractivity contribution in [3.63, 3.8) is 0 Å². The molecular weight excluding hydrogens is 287 g/mol. The van der Waals surface area contributed by atoms with Crippen molar-refractivity contribution in [2.45, 2.75) is 30.8 Å². The number of hydrogen-bond acceptors (Lipinski definition) is 4. The maximum absolute atomic E-state index is 13.1. The molecule has 1 aromatic heterocycles. The number of thioether (sulfide) groups is 1. The Balaban J connectivity index is 2.12. The number of nitrogens with two attached hydrogens (primary N) is 1. The molecule has 0 amide bonds. The zero-order valence-corrected chi connectivity index (χ0v) is 12.2. The second-order valence-corrected chi connectivity index (χ2v) is 5.69. The highest BCUT2D eigenvalue weighted by atomic mass is 35.5. The predicted molar refractivity (Wildman–Crippen MR) is 75.8 cm³/mol. The minimum Gasteiger partial charge on any atom is -0.368 e. The van der Waals surface area contributed by atoms with Crippen LogP contribution < -0.4 is 5.73 Å². The lowest BCUT2D eigenvalue weighted by Crippen LogP contribution is -2.07. The molecule has 0 bridgehead atoms. The van der Waals surface area contributed by atoms with Gasteiger partial charge in [-0.3, -0.25) is 4.57 Å². The molecule has 0 unspecified atom stereocenters. The van der Waals surface area contributed by atoms with E-state index in [0.29, 0.717) is 11.7 Å². The molecular formula is C12H14ClFN4S. The molecule has 0 spiro atoms. The number of halogens is 2. The zero-order chi connectivity index (χ0) is 14.0. The van der Waals surface area contributed by atoms with Crippen molar-refractivity contribution in [3.05, 3.63) is 34.6 Å². The highest BCUT2D eigenvalue weighted by molar-refractivity contribution is 7.98. The van der Waals surface area contributed by atoms with Gasteiger partial charge in [0.1, 0.15) is 5.82 Å². The third-order valence-electron chi connectivity index (χ3n) is 2.56. The minimum absolute atomic E-state index is 0.128. The van der Waals surface area contributed by atoms with Gasteiger partial charge in [-0.1, -0.05) is 29.4 Å². The minimum atomic E-state index is -0.412. The predicted octanol–water partition coefficient (Wildman–Crippen LogP) is 3.53. The molecule has 2 aromatic rings. The fourth-order valence-corrected chi connectivity index (χ4v) is 2.87. The first-order valence-electron chi connectivity index (χ1n) is 5.76. The van der Waals surface area contributed by atoms with E-state index < -0.39 is 5.82 Å². The smallest absolute Gasteiger partial charge is 0.222 e. The standard InChI is InChI=1S/C12H14ClFN4S/c1-7(2)18-11(15)16-17-12(18)19-6-8-3-4-10(14)9(13)5-8/h3-5,7H,6H2,1-2H3,(H2,15,16). The lowest BCUT2D eigenvalue weighted by atomic mass is 10.2. The molecule has 0 aliphatic heterocycles. The first kappa shape index (κ1) is 14.1. The average molecular weight is 301 g/mol. The van der Waals surface area contributed by atoms with Crippen LogP contribution in [-0.2, 0) is 5.75 Å². The summed E-state index contributed by atoms with van der Waals surface area (Å²) in [4.78, 5) is 0. The molecule has 19 heavy (non-hydrogen) atoms. The van der Waals surface area contributed by atoms with E-state index in [9.17, 15) is 4.39 Å². The first-order valence-corrected chi connectivity index (χ1v) is 7.12. The number of nitrogen functional groups attached to an aromatic ring is 1. The van der Waals surface area contributed by atoms with Crippen molar-refractivity contribution in [2.24, 2.45) is 0 Å². The normalized spacial score (nSPS) is 11.2. The van der Waals surface area contributed by atoms with Gasteiger partial charge in [-0.25, -0.2) is 4.39 Å². The van der Waals surface area contributed by atoms with Gasteiger partial charge in [0.05, 0.1) is 5.02 Å². The molecule has 0 atom stereocenters.